The molecule has 2 aromatic rings. The number of anilines is 1. The van der Waals surface area contributed by atoms with Crippen LogP contribution < -0.4 is 5.73 Å². The summed E-state index contributed by atoms with van der Waals surface area (Å²) in [6.07, 6.45) is 2.61. The first-order valence-corrected chi connectivity index (χ1v) is 6.94. The van der Waals surface area contributed by atoms with E-state index in [2.05, 4.69) is 15.5 Å². The number of nitrogen functional groups attached to an aromatic ring is 1. The number of nitrogens with two attached hydrogens (primary N) is 1. The van der Waals surface area contributed by atoms with Gasteiger partial charge in [-0.05, 0) is 59.9 Å². The summed E-state index contributed by atoms with van der Waals surface area (Å²) in [5.41, 5.74) is 8.60. The van der Waals surface area contributed by atoms with Gasteiger partial charge in [-0.3, -0.25) is 0 Å². The summed E-state index contributed by atoms with van der Waals surface area (Å²) in [7, 11) is 0. The standard InChI is InChI=1S/C14H19N5O/c1-10-8-12(15)4-5-13(10)14-16-17-18-19(14)6-7-20-9-11-2-3-11/h4-5,8,11H,2-3,6-7,9,15H2,1H3. The molecule has 0 atom stereocenters. The van der Waals surface area contributed by atoms with E-state index in [1.807, 2.05) is 25.1 Å². The van der Waals surface area contributed by atoms with E-state index < -0.39 is 0 Å². The van der Waals surface area contributed by atoms with E-state index in [9.17, 15) is 0 Å². The van der Waals surface area contributed by atoms with Crippen LogP contribution in [-0.2, 0) is 11.3 Å². The van der Waals surface area contributed by atoms with Gasteiger partial charge >= 0.3 is 0 Å². The molecular formula is C14H19N5O. The molecule has 0 bridgehead atoms. The number of benzene rings is 1. The van der Waals surface area contributed by atoms with Gasteiger partial charge in [-0.1, -0.05) is 0 Å². The molecule has 6 heteroatoms. The highest BCUT2D eigenvalue weighted by Gasteiger charge is 2.21. The van der Waals surface area contributed by atoms with E-state index in [0.717, 1.165) is 35.2 Å². The van der Waals surface area contributed by atoms with E-state index in [-0.39, 0.29) is 0 Å². The third kappa shape index (κ3) is 2.96. The summed E-state index contributed by atoms with van der Waals surface area (Å²) in [4.78, 5) is 0. The zero-order chi connectivity index (χ0) is 13.9. The Morgan fingerprint density at radius 2 is 2.25 bits per heavy atom. The van der Waals surface area contributed by atoms with Crippen molar-refractivity contribution in [3.05, 3.63) is 23.8 Å². The summed E-state index contributed by atoms with van der Waals surface area (Å²) < 4.78 is 7.42. The van der Waals surface area contributed by atoms with Gasteiger partial charge in [0.15, 0.2) is 5.82 Å². The summed E-state index contributed by atoms with van der Waals surface area (Å²) in [5.74, 6) is 1.54. The average Bonchev–Trinajstić information content (AvgIpc) is 3.13. The molecule has 1 aliphatic carbocycles. The first-order chi connectivity index (χ1) is 9.74. The second-order valence-corrected chi connectivity index (χ2v) is 5.32. The van der Waals surface area contributed by atoms with Gasteiger partial charge in [0.2, 0.25) is 0 Å². The fraction of sp³-hybridized carbons (Fsp3) is 0.500. The number of ether oxygens (including phenoxy) is 1. The molecule has 106 valence electrons. The Kier molecular flexibility index (Phi) is 3.64. The normalized spacial score (nSPS) is 14.7. The van der Waals surface area contributed by atoms with E-state index >= 15 is 0 Å². The molecule has 1 aromatic carbocycles. The van der Waals surface area contributed by atoms with Gasteiger partial charge in [0.05, 0.1) is 13.2 Å². The van der Waals surface area contributed by atoms with Crippen LogP contribution in [0.3, 0.4) is 0 Å². The predicted molar refractivity (Wildman–Crippen MR) is 75.9 cm³/mol. The minimum Gasteiger partial charge on any atom is -0.399 e. The van der Waals surface area contributed by atoms with Crippen LogP contribution in [0.1, 0.15) is 18.4 Å². The van der Waals surface area contributed by atoms with Gasteiger partial charge in [-0.2, -0.15) is 0 Å². The van der Waals surface area contributed by atoms with E-state index in [1.54, 1.807) is 4.68 Å². The van der Waals surface area contributed by atoms with Crippen molar-refractivity contribution in [3.63, 3.8) is 0 Å². The van der Waals surface area contributed by atoms with Crippen molar-refractivity contribution >= 4 is 5.69 Å². The Labute approximate surface area is 117 Å². The zero-order valence-corrected chi connectivity index (χ0v) is 11.6. The summed E-state index contributed by atoms with van der Waals surface area (Å²) in [5, 5.41) is 11.9. The van der Waals surface area contributed by atoms with Crippen molar-refractivity contribution in [2.24, 2.45) is 5.92 Å². The molecule has 6 nitrogen and oxygen atoms in total. The SMILES string of the molecule is Cc1cc(N)ccc1-c1nnnn1CCOCC1CC1. The largest absolute Gasteiger partial charge is 0.399 e. The number of hydrogen-bond acceptors (Lipinski definition) is 5. The Balaban J connectivity index is 1.68. The summed E-state index contributed by atoms with van der Waals surface area (Å²) >= 11 is 0. The fourth-order valence-corrected chi connectivity index (χ4v) is 2.17. The number of hydrogen-bond donors (Lipinski definition) is 1. The molecule has 1 aliphatic rings. The van der Waals surface area contributed by atoms with E-state index in [4.69, 9.17) is 10.5 Å². The maximum absolute atomic E-state index is 5.77. The lowest BCUT2D eigenvalue weighted by atomic mass is 10.1. The van der Waals surface area contributed by atoms with Crippen LogP contribution in [-0.4, -0.2) is 33.4 Å². The van der Waals surface area contributed by atoms with Gasteiger partial charge < -0.3 is 10.5 Å². The highest BCUT2D eigenvalue weighted by Crippen LogP contribution is 2.28. The van der Waals surface area contributed by atoms with Crippen molar-refractivity contribution in [3.8, 4) is 11.4 Å². The van der Waals surface area contributed by atoms with Gasteiger partial charge in [0, 0.05) is 17.9 Å². The summed E-state index contributed by atoms with van der Waals surface area (Å²) in [6, 6.07) is 5.75. The Morgan fingerprint density at radius 3 is 3.00 bits per heavy atom. The molecule has 0 radical (unpaired) electrons. The number of aromatic nitrogens is 4. The second-order valence-electron chi connectivity index (χ2n) is 5.32. The van der Waals surface area contributed by atoms with Gasteiger partial charge in [0.1, 0.15) is 0 Å². The first-order valence-electron chi connectivity index (χ1n) is 6.94. The van der Waals surface area contributed by atoms with Gasteiger partial charge in [-0.25, -0.2) is 4.68 Å². The maximum atomic E-state index is 5.77. The lowest BCUT2D eigenvalue weighted by Crippen LogP contribution is -2.10. The molecule has 0 saturated heterocycles. The highest BCUT2D eigenvalue weighted by atomic mass is 16.5. The molecular weight excluding hydrogens is 254 g/mol. The molecule has 0 spiro atoms. The van der Waals surface area contributed by atoms with E-state index in [1.165, 1.54) is 12.8 Å². The molecule has 0 aliphatic heterocycles. The first kappa shape index (κ1) is 13.1. The molecule has 20 heavy (non-hydrogen) atoms. The zero-order valence-electron chi connectivity index (χ0n) is 11.6. The molecule has 3 rings (SSSR count). The van der Waals surface area contributed by atoms with Crippen LogP contribution in [0.15, 0.2) is 18.2 Å². The number of nitrogens with zero attached hydrogens (tertiary/aromatic N) is 4. The third-order valence-corrected chi connectivity index (χ3v) is 3.52. The van der Waals surface area contributed by atoms with Gasteiger partial charge in [0.25, 0.3) is 0 Å². The molecule has 1 aromatic heterocycles. The average molecular weight is 273 g/mol. The number of aryl methyl sites for hydroxylation is 1. The maximum Gasteiger partial charge on any atom is 0.182 e. The van der Waals surface area contributed by atoms with Crippen LogP contribution in [0, 0.1) is 12.8 Å². The third-order valence-electron chi connectivity index (χ3n) is 3.52. The van der Waals surface area contributed by atoms with Gasteiger partial charge in [-0.15, -0.1) is 5.10 Å². The molecule has 1 saturated carbocycles. The van der Waals surface area contributed by atoms with Crippen molar-refractivity contribution < 1.29 is 4.74 Å². The quantitative estimate of drug-likeness (QED) is 0.639. The Hall–Kier alpha value is -1.95. The Morgan fingerprint density at radius 1 is 1.40 bits per heavy atom. The monoisotopic (exact) mass is 273 g/mol. The lowest BCUT2D eigenvalue weighted by molar-refractivity contribution is 0.114. The molecule has 2 N–H and O–H groups in total. The van der Waals surface area contributed by atoms with Crippen molar-refractivity contribution in [1.29, 1.82) is 0 Å². The van der Waals surface area contributed by atoms with Crippen molar-refractivity contribution in [1.82, 2.24) is 20.2 Å². The Bertz CT molecular complexity index is 591. The predicted octanol–water partition coefficient (Wildman–Crippen LogP) is 1.66. The molecule has 0 amide bonds. The number of rotatable bonds is 6. The minimum absolute atomic E-state index is 0.641. The molecule has 1 fully saturated rings. The van der Waals surface area contributed by atoms with Crippen LogP contribution in [0.25, 0.3) is 11.4 Å². The second kappa shape index (κ2) is 5.58. The van der Waals surface area contributed by atoms with E-state index in [0.29, 0.717) is 13.2 Å². The van der Waals surface area contributed by atoms with Crippen LogP contribution >= 0.6 is 0 Å². The highest BCUT2D eigenvalue weighted by molar-refractivity contribution is 5.63. The fourth-order valence-electron chi connectivity index (χ4n) is 2.17. The lowest BCUT2D eigenvalue weighted by Gasteiger charge is -2.08. The molecule has 1 heterocycles. The van der Waals surface area contributed by atoms with Crippen molar-refractivity contribution in [2.75, 3.05) is 18.9 Å². The minimum atomic E-state index is 0.641. The summed E-state index contributed by atoms with van der Waals surface area (Å²) in [6.45, 7) is 4.17. The van der Waals surface area contributed by atoms with Crippen molar-refractivity contribution in [2.45, 2.75) is 26.3 Å². The smallest absolute Gasteiger partial charge is 0.182 e. The van der Waals surface area contributed by atoms with Crippen LogP contribution in [0.4, 0.5) is 5.69 Å². The topological polar surface area (TPSA) is 78.9 Å². The number of tetrazole rings is 1. The van der Waals surface area contributed by atoms with Crippen LogP contribution in [0.5, 0.6) is 0 Å². The molecule has 0 unspecified atom stereocenters. The van der Waals surface area contributed by atoms with Crippen LogP contribution in [0.2, 0.25) is 0 Å².